The van der Waals surface area contributed by atoms with Gasteiger partial charge < -0.3 is 14.9 Å². The van der Waals surface area contributed by atoms with Crippen LogP contribution < -0.4 is 0 Å². The molecule has 0 atom stereocenters. The SMILES string of the molecule is C=C.O=C(O)CCCCC(=O)OCCO. The van der Waals surface area contributed by atoms with E-state index >= 15 is 0 Å². The van der Waals surface area contributed by atoms with Gasteiger partial charge in [0.1, 0.15) is 6.61 Å². The molecule has 0 aliphatic carbocycles. The van der Waals surface area contributed by atoms with Crippen LogP contribution in [0.3, 0.4) is 0 Å². The van der Waals surface area contributed by atoms with Gasteiger partial charge in [-0.15, -0.1) is 13.2 Å². The van der Waals surface area contributed by atoms with Gasteiger partial charge in [0.2, 0.25) is 0 Å². The van der Waals surface area contributed by atoms with Crippen LogP contribution in [0, 0.1) is 0 Å². The molecule has 0 rings (SSSR count). The van der Waals surface area contributed by atoms with E-state index in [1.165, 1.54) is 0 Å². The molecule has 0 radical (unpaired) electrons. The van der Waals surface area contributed by atoms with Crippen LogP contribution in [0.2, 0.25) is 0 Å². The van der Waals surface area contributed by atoms with Crippen molar-refractivity contribution in [1.29, 1.82) is 0 Å². The van der Waals surface area contributed by atoms with E-state index in [9.17, 15) is 9.59 Å². The average molecular weight is 218 g/mol. The number of aliphatic hydroxyl groups excluding tert-OH is 1. The van der Waals surface area contributed by atoms with Crippen LogP contribution in [0.25, 0.3) is 0 Å². The number of ether oxygens (including phenoxy) is 1. The first kappa shape index (κ1) is 16.1. The van der Waals surface area contributed by atoms with Gasteiger partial charge in [0.05, 0.1) is 6.61 Å². The summed E-state index contributed by atoms with van der Waals surface area (Å²) in [5.41, 5.74) is 0. The predicted molar refractivity (Wildman–Crippen MR) is 55.4 cm³/mol. The third kappa shape index (κ3) is 15.4. The molecule has 0 saturated heterocycles. The zero-order valence-corrected chi connectivity index (χ0v) is 8.78. The van der Waals surface area contributed by atoms with Crippen molar-refractivity contribution in [2.24, 2.45) is 0 Å². The molecule has 0 unspecified atom stereocenters. The topological polar surface area (TPSA) is 83.8 Å². The lowest BCUT2D eigenvalue weighted by Gasteiger charge is -2.01. The molecular formula is C10H18O5. The second-order valence-corrected chi connectivity index (χ2v) is 2.54. The third-order valence-corrected chi connectivity index (χ3v) is 1.38. The Morgan fingerprint density at radius 2 is 1.67 bits per heavy atom. The number of aliphatic carboxylic acids is 1. The van der Waals surface area contributed by atoms with Crippen molar-refractivity contribution in [3.05, 3.63) is 13.2 Å². The molecule has 5 nitrogen and oxygen atoms in total. The van der Waals surface area contributed by atoms with Crippen molar-refractivity contribution in [1.82, 2.24) is 0 Å². The summed E-state index contributed by atoms with van der Waals surface area (Å²) in [5, 5.41) is 16.6. The molecule has 0 saturated carbocycles. The van der Waals surface area contributed by atoms with E-state index in [4.69, 9.17) is 10.2 Å². The number of carbonyl (C=O) groups is 2. The fraction of sp³-hybridized carbons (Fsp3) is 0.600. The Balaban J connectivity index is 0. The van der Waals surface area contributed by atoms with Gasteiger partial charge in [0, 0.05) is 12.8 Å². The molecule has 2 N–H and O–H groups in total. The molecule has 0 spiro atoms. The van der Waals surface area contributed by atoms with Crippen LogP contribution in [-0.4, -0.2) is 35.4 Å². The Hall–Kier alpha value is -1.36. The van der Waals surface area contributed by atoms with Crippen molar-refractivity contribution < 1.29 is 24.5 Å². The predicted octanol–water partition coefficient (Wildman–Crippen LogP) is 0.969. The van der Waals surface area contributed by atoms with Crippen LogP contribution >= 0.6 is 0 Å². The number of esters is 1. The number of carbonyl (C=O) groups excluding carboxylic acids is 1. The highest BCUT2D eigenvalue weighted by Gasteiger charge is 2.03. The molecular weight excluding hydrogens is 200 g/mol. The van der Waals surface area contributed by atoms with Gasteiger partial charge in [-0.2, -0.15) is 0 Å². The number of unbranched alkanes of at least 4 members (excludes halogenated alkanes) is 1. The van der Waals surface area contributed by atoms with E-state index in [2.05, 4.69) is 17.9 Å². The van der Waals surface area contributed by atoms with Crippen molar-refractivity contribution in [3.8, 4) is 0 Å². The second-order valence-electron chi connectivity index (χ2n) is 2.54. The zero-order valence-electron chi connectivity index (χ0n) is 8.78. The summed E-state index contributed by atoms with van der Waals surface area (Å²) in [7, 11) is 0. The molecule has 0 aromatic carbocycles. The standard InChI is InChI=1S/C8H14O5.C2H4/c9-5-6-13-8(12)4-2-1-3-7(10)11;1-2/h9H,1-6H2,(H,10,11);1-2H2. The maximum Gasteiger partial charge on any atom is 0.305 e. The Morgan fingerprint density at radius 3 is 2.13 bits per heavy atom. The van der Waals surface area contributed by atoms with E-state index in [1.54, 1.807) is 0 Å². The number of hydrogen-bond acceptors (Lipinski definition) is 4. The maximum atomic E-state index is 10.8. The van der Waals surface area contributed by atoms with Crippen LogP contribution in [0.5, 0.6) is 0 Å². The normalized spacial score (nSPS) is 8.60. The van der Waals surface area contributed by atoms with Gasteiger partial charge in [0.15, 0.2) is 0 Å². The van der Waals surface area contributed by atoms with Crippen LogP contribution in [-0.2, 0) is 14.3 Å². The zero-order chi connectivity index (χ0) is 12.1. The van der Waals surface area contributed by atoms with Crippen molar-refractivity contribution in [2.75, 3.05) is 13.2 Å². The Kier molecular flexibility index (Phi) is 13.6. The highest BCUT2D eigenvalue weighted by Crippen LogP contribution is 2.00. The van der Waals surface area contributed by atoms with Crippen molar-refractivity contribution >= 4 is 11.9 Å². The first-order chi connectivity index (χ1) is 7.16. The summed E-state index contributed by atoms with van der Waals surface area (Å²) >= 11 is 0. The van der Waals surface area contributed by atoms with E-state index < -0.39 is 5.97 Å². The van der Waals surface area contributed by atoms with Crippen molar-refractivity contribution in [3.63, 3.8) is 0 Å². The second kappa shape index (κ2) is 12.6. The summed E-state index contributed by atoms with van der Waals surface area (Å²) in [6.07, 6.45) is 1.28. The first-order valence-electron chi connectivity index (χ1n) is 4.65. The number of aliphatic hydroxyl groups is 1. The highest BCUT2D eigenvalue weighted by molar-refractivity contribution is 5.69. The number of carboxylic acids is 1. The molecule has 0 aromatic rings. The fourth-order valence-corrected chi connectivity index (χ4v) is 0.777. The number of hydrogen-bond donors (Lipinski definition) is 2. The molecule has 5 heteroatoms. The van der Waals surface area contributed by atoms with Gasteiger partial charge in [-0.25, -0.2) is 0 Å². The Morgan fingerprint density at radius 1 is 1.13 bits per heavy atom. The van der Waals surface area contributed by atoms with Crippen LogP contribution in [0.1, 0.15) is 25.7 Å². The highest BCUT2D eigenvalue weighted by atomic mass is 16.5. The molecule has 0 amide bonds. The maximum absolute atomic E-state index is 10.8. The van der Waals surface area contributed by atoms with Gasteiger partial charge in [0.25, 0.3) is 0 Å². The quantitative estimate of drug-likeness (QED) is 0.378. The van der Waals surface area contributed by atoms with Crippen LogP contribution in [0.15, 0.2) is 13.2 Å². The van der Waals surface area contributed by atoms with Crippen molar-refractivity contribution in [2.45, 2.75) is 25.7 Å². The first-order valence-corrected chi connectivity index (χ1v) is 4.65. The molecule has 0 heterocycles. The molecule has 15 heavy (non-hydrogen) atoms. The van der Waals surface area contributed by atoms with Crippen LogP contribution in [0.4, 0.5) is 0 Å². The van der Waals surface area contributed by atoms with E-state index in [0.29, 0.717) is 12.8 Å². The molecule has 0 aliphatic rings. The minimum Gasteiger partial charge on any atom is -0.481 e. The summed E-state index contributed by atoms with van der Waals surface area (Å²) in [6.45, 7) is 5.83. The smallest absolute Gasteiger partial charge is 0.305 e. The van der Waals surface area contributed by atoms with E-state index in [0.717, 1.165) is 0 Å². The summed E-state index contributed by atoms with van der Waals surface area (Å²) < 4.78 is 4.56. The Labute approximate surface area is 89.4 Å². The summed E-state index contributed by atoms with van der Waals surface area (Å²) in [6, 6.07) is 0. The van der Waals surface area contributed by atoms with Gasteiger partial charge in [-0.3, -0.25) is 9.59 Å². The lowest BCUT2D eigenvalue weighted by Crippen LogP contribution is -2.08. The monoisotopic (exact) mass is 218 g/mol. The van der Waals surface area contributed by atoms with Gasteiger partial charge >= 0.3 is 11.9 Å². The fourth-order valence-electron chi connectivity index (χ4n) is 0.777. The minimum atomic E-state index is -0.858. The Bertz CT molecular complexity index is 179. The van der Waals surface area contributed by atoms with Gasteiger partial charge in [-0.05, 0) is 12.8 Å². The van der Waals surface area contributed by atoms with E-state index in [-0.39, 0.29) is 32.0 Å². The summed E-state index contributed by atoms with van der Waals surface area (Å²) in [4.78, 5) is 20.8. The third-order valence-electron chi connectivity index (χ3n) is 1.38. The minimum absolute atomic E-state index is 0.0117. The molecule has 0 bridgehead atoms. The largest absolute Gasteiger partial charge is 0.481 e. The molecule has 88 valence electrons. The number of carboxylic acid groups (broad SMARTS) is 1. The molecule has 0 aromatic heterocycles. The number of rotatable bonds is 7. The molecule has 0 aliphatic heterocycles. The summed E-state index contributed by atoms with van der Waals surface area (Å²) in [5.74, 6) is -1.25. The lowest BCUT2D eigenvalue weighted by atomic mass is 10.2. The average Bonchev–Trinajstić information content (AvgIpc) is 2.24. The van der Waals surface area contributed by atoms with E-state index in [1.807, 2.05) is 0 Å². The lowest BCUT2D eigenvalue weighted by molar-refractivity contribution is -0.145. The van der Waals surface area contributed by atoms with Gasteiger partial charge in [-0.1, -0.05) is 0 Å². The molecule has 0 fully saturated rings.